The Hall–Kier alpha value is -1.56. The van der Waals surface area contributed by atoms with E-state index in [4.69, 9.17) is 5.11 Å². The Balaban J connectivity index is 2.65. The van der Waals surface area contributed by atoms with Gasteiger partial charge in [0, 0.05) is 17.4 Å². The molecule has 21 heavy (non-hydrogen) atoms. The molecule has 1 atom stereocenters. The number of carboxylic acids is 1. The first-order chi connectivity index (χ1) is 9.79. The number of halogens is 1. The third kappa shape index (κ3) is 6.16. The van der Waals surface area contributed by atoms with Crippen LogP contribution in [0.5, 0.6) is 5.75 Å². The molecule has 0 saturated heterocycles. The second-order valence-electron chi connectivity index (χ2n) is 5.46. The lowest BCUT2D eigenvalue weighted by Gasteiger charge is -2.18. The van der Waals surface area contributed by atoms with E-state index in [-0.39, 0.29) is 30.2 Å². The van der Waals surface area contributed by atoms with Crippen molar-refractivity contribution in [2.45, 2.75) is 26.7 Å². The highest BCUT2D eigenvalue weighted by Crippen LogP contribution is 2.22. The zero-order valence-electron chi connectivity index (χ0n) is 12.1. The number of hydrogen-bond acceptors (Lipinski definition) is 3. The predicted molar refractivity (Wildman–Crippen MR) is 83.3 cm³/mol. The molecule has 5 nitrogen and oxygen atoms in total. The molecule has 0 fully saturated rings. The topological polar surface area (TPSA) is 86.6 Å². The lowest BCUT2D eigenvalue weighted by Crippen LogP contribution is -2.31. The van der Waals surface area contributed by atoms with Crippen molar-refractivity contribution in [2.24, 2.45) is 11.8 Å². The molecule has 1 rings (SSSR count). The zero-order valence-corrected chi connectivity index (χ0v) is 13.7. The molecule has 0 spiro atoms. The van der Waals surface area contributed by atoms with Gasteiger partial charge in [0.05, 0.1) is 5.56 Å². The van der Waals surface area contributed by atoms with Gasteiger partial charge in [0.1, 0.15) is 5.75 Å². The smallest absolute Gasteiger partial charge is 0.303 e. The minimum atomic E-state index is -0.874. The number of nitrogens with one attached hydrogen (secondary N) is 1. The molecule has 0 aliphatic heterocycles. The second-order valence-corrected chi connectivity index (χ2v) is 6.38. The summed E-state index contributed by atoms with van der Waals surface area (Å²) < 4.78 is 0.681. The molecule has 1 amide bonds. The lowest BCUT2D eigenvalue weighted by molar-refractivity contribution is -0.138. The first-order valence-electron chi connectivity index (χ1n) is 6.78. The highest BCUT2D eigenvalue weighted by atomic mass is 79.9. The number of aliphatic carboxylic acids is 1. The molecule has 0 aliphatic carbocycles. The monoisotopic (exact) mass is 357 g/mol. The number of phenols is 1. The Labute approximate surface area is 132 Å². The molecule has 0 saturated carbocycles. The molecule has 0 heterocycles. The molecular formula is C15H20BrNO4. The Bertz CT molecular complexity index is 516. The van der Waals surface area contributed by atoms with Crippen LogP contribution in [0.4, 0.5) is 0 Å². The van der Waals surface area contributed by atoms with Crippen LogP contribution in [0.25, 0.3) is 0 Å². The van der Waals surface area contributed by atoms with Gasteiger partial charge < -0.3 is 15.5 Å². The van der Waals surface area contributed by atoms with E-state index in [2.05, 4.69) is 21.2 Å². The van der Waals surface area contributed by atoms with Gasteiger partial charge in [0.25, 0.3) is 5.91 Å². The van der Waals surface area contributed by atoms with Crippen molar-refractivity contribution in [3.8, 4) is 5.75 Å². The first kappa shape index (κ1) is 17.5. The molecule has 3 N–H and O–H groups in total. The van der Waals surface area contributed by atoms with Crippen LogP contribution in [0.15, 0.2) is 22.7 Å². The van der Waals surface area contributed by atoms with Gasteiger partial charge >= 0.3 is 5.97 Å². The van der Waals surface area contributed by atoms with Gasteiger partial charge in [0.2, 0.25) is 0 Å². The summed E-state index contributed by atoms with van der Waals surface area (Å²) in [6.45, 7) is 4.30. The number of aromatic hydroxyl groups is 1. The normalized spacial score (nSPS) is 12.2. The predicted octanol–water partition coefficient (Wildman–Crippen LogP) is 3.02. The summed E-state index contributed by atoms with van der Waals surface area (Å²) in [7, 11) is 0. The molecule has 6 heteroatoms. The fourth-order valence-electron chi connectivity index (χ4n) is 2.18. The van der Waals surface area contributed by atoms with E-state index in [1.807, 2.05) is 13.8 Å². The number of carboxylic acid groups (broad SMARTS) is 1. The Morgan fingerprint density at radius 2 is 2.00 bits per heavy atom. The third-order valence-electron chi connectivity index (χ3n) is 3.02. The number of carbonyl (C=O) groups excluding carboxylic acids is 1. The second kappa shape index (κ2) is 8.02. The quantitative estimate of drug-likeness (QED) is 0.699. The summed E-state index contributed by atoms with van der Waals surface area (Å²) in [5.74, 6) is -1.16. The molecule has 0 unspecified atom stereocenters. The van der Waals surface area contributed by atoms with Crippen LogP contribution in [0.1, 0.15) is 37.0 Å². The summed E-state index contributed by atoms with van der Waals surface area (Å²) in [6.07, 6.45) is 0.740. The molecule has 1 aromatic carbocycles. The van der Waals surface area contributed by atoms with Crippen LogP contribution in [0.3, 0.4) is 0 Å². The van der Waals surface area contributed by atoms with Gasteiger partial charge in [-0.05, 0) is 36.5 Å². The van der Waals surface area contributed by atoms with Crippen LogP contribution >= 0.6 is 15.9 Å². The fraction of sp³-hybridized carbons (Fsp3) is 0.467. The van der Waals surface area contributed by atoms with Crippen molar-refractivity contribution in [1.82, 2.24) is 5.32 Å². The van der Waals surface area contributed by atoms with Gasteiger partial charge in [-0.25, -0.2) is 0 Å². The highest BCUT2D eigenvalue weighted by molar-refractivity contribution is 9.10. The Morgan fingerprint density at radius 1 is 1.33 bits per heavy atom. The van der Waals surface area contributed by atoms with E-state index in [0.29, 0.717) is 10.4 Å². The Morgan fingerprint density at radius 3 is 2.52 bits per heavy atom. The van der Waals surface area contributed by atoms with Crippen molar-refractivity contribution in [1.29, 1.82) is 0 Å². The Kier molecular flexibility index (Phi) is 6.68. The van der Waals surface area contributed by atoms with Crippen LogP contribution in [-0.2, 0) is 4.79 Å². The van der Waals surface area contributed by atoms with E-state index in [9.17, 15) is 14.7 Å². The van der Waals surface area contributed by atoms with E-state index in [1.54, 1.807) is 6.07 Å². The molecule has 0 aliphatic rings. The number of benzene rings is 1. The summed E-state index contributed by atoms with van der Waals surface area (Å²) in [5, 5.41) is 21.3. The van der Waals surface area contributed by atoms with Crippen molar-refractivity contribution in [2.75, 3.05) is 6.54 Å². The SMILES string of the molecule is CC(C)C[C@H](CNC(=O)c1ccc(Br)cc1O)CC(=O)O. The number of carbonyl (C=O) groups is 2. The third-order valence-corrected chi connectivity index (χ3v) is 3.52. The minimum Gasteiger partial charge on any atom is -0.507 e. The first-order valence-corrected chi connectivity index (χ1v) is 7.57. The number of hydrogen-bond donors (Lipinski definition) is 3. The maximum absolute atomic E-state index is 12.0. The van der Waals surface area contributed by atoms with E-state index in [0.717, 1.165) is 6.42 Å². The van der Waals surface area contributed by atoms with Crippen molar-refractivity contribution < 1.29 is 19.8 Å². The van der Waals surface area contributed by atoms with Crippen LogP contribution in [0, 0.1) is 11.8 Å². The molecule has 0 radical (unpaired) electrons. The summed E-state index contributed by atoms with van der Waals surface area (Å²) in [6, 6.07) is 4.62. The summed E-state index contributed by atoms with van der Waals surface area (Å²) >= 11 is 3.20. The van der Waals surface area contributed by atoms with E-state index < -0.39 is 11.9 Å². The van der Waals surface area contributed by atoms with Crippen molar-refractivity contribution >= 4 is 27.8 Å². The number of rotatable bonds is 7. The average molecular weight is 358 g/mol. The van der Waals surface area contributed by atoms with Gasteiger partial charge in [-0.3, -0.25) is 9.59 Å². The fourth-order valence-corrected chi connectivity index (χ4v) is 2.53. The zero-order chi connectivity index (χ0) is 16.0. The van der Waals surface area contributed by atoms with E-state index >= 15 is 0 Å². The van der Waals surface area contributed by atoms with Crippen molar-refractivity contribution in [3.05, 3.63) is 28.2 Å². The molecular weight excluding hydrogens is 338 g/mol. The van der Waals surface area contributed by atoms with Crippen LogP contribution < -0.4 is 5.32 Å². The van der Waals surface area contributed by atoms with Gasteiger partial charge in [-0.15, -0.1) is 0 Å². The van der Waals surface area contributed by atoms with Gasteiger partial charge in [0.15, 0.2) is 0 Å². The van der Waals surface area contributed by atoms with Crippen LogP contribution in [0.2, 0.25) is 0 Å². The number of amides is 1. The molecule has 116 valence electrons. The van der Waals surface area contributed by atoms with Crippen LogP contribution in [-0.4, -0.2) is 28.6 Å². The maximum atomic E-state index is 12.0. The maximum Gasteiger partial charge on any atom is 0.303 e. The van der Waals surface area contributed by atoms with Gasteiger partial charge in [-0.1, -0.05) is 29.8 Å². The van der Waals surface area contributed by atoms with Gasteiger partial charge in [-0.2, -0.15) is 0 Å². The molecule has 1 aromatic rings. The summed E-state index contributed by atoms with van der Waals surface area (Å²) in [5.41, 5.74) is 0.178. The minimum absolute atomic E-state index is 0.0186. The molecule has 0 aromatic heterocycles. The standard InChI is InChI=1S/C15H20BrNO4/c1-9(2)5-10(6-14(19)20)8-17-15(21)12-4-3-11(16)7-13(12)18/h3-4,7,9-10,18H,5-6,8H2,1-2H3,(H,17,21)(H,19,20)/t10-/m0/s1. The van der Waals surface area contributed by atoms with E-state index in [1.165, 1.54) is 12.1 Å². The number of phenolic OH excluding ortho intramolecular Hbond substituents is 1. The highest BCUT2D eigenvalue weighted by Gasteiger charge is 2.17. The average Bonchev–Trinajstić information content (AvgIpc) is 2.34. The lowest BCUT2D eigenvalue weighted by atomic mass is 9.94. The molecule has 0 bridgehead atoms. The van der Waals surface area contributed by atoms with Crippen molar-refractivity contribution in [3.63, 3.8) is 0 Å². The largest absolute Gasteiger partial charge is 0.507 e. The summed E-state index contributed by atoms with van der Waals surface area (Å²) in [4.78, 5) is 22.9.